The Labute approximate surface area is 126 Å². The topological polar surface area (TPSA) is 47.0 Å². The van der Waals surface area contributed by atoms with Gasteiger partial charge in [0.1, 0.15) is 5.75 Å². The van der Waals surface area contributed by atoms with Crippen LogP contribution in [0.5, 0.6) is 5.75 Å². The van der Waals surface area contributed by atoms with Gasteiger partial charge in [-0.2, -0.15) is 0 Å². The van der Waals surface area contributed by atoms with Crippen LogP contribution in [0.4, 0.5) is 24.0 Å². The molecule has 2 aromatic rings. The third kappa shape index (κ3) is 4.32. The number of benzene rings is 1. The molecule has 1 N–H and O–H groups in total. The monoisotopic (exact) mass is 417 g/mol. The van der Waals surface area contributed by atoms with Crippen molar-refractivity contribution in [1.82, 2.24) is 10.2 Å². The van der Waals surface area contributed by atoms with E-state index in [1.54, 1.807) is 0 Å². The number of anilines is 2. The number of ether oxygens (including phenoxy) is 1. The molecule has 0 aliphatic carbocycles. The van der Waals surface area contributed by atoms with Crippen LogP contribution in [0.25, 0.3) is 0 Å². The van der Waals surface area contributed by atoms with Gasteiger partial charge in [-0.05, 0) is 50.1 Å². The van der Waals surface area contributed by atoms with E-state index < -0.39 is 6.36 Å². The van der Waals surface area contributed by atoms with Crippen LogP contribution in [-0.4, -0.2) is 16.6 Å². The fourth-order valence-corrected chi connectivity index (χ4v) is 2.66. The molecule has 0 radical (unpaired) electrons. The molecule has 0 saturated carbocycles. The molecule has 1 heterocycles. The van der Waals surface area contributed by atoms with E-state index >= 15 is 0 Å². The summed E-state index contributed by atoms with van der Waals surface area (Å²) in [7, 11) is 0. The average molecular weight is 419 g/mol. The lowest BCUT2D eigenvalue weighted by Gasteiger charge is -2.11. The third-order valence-electron chi connectivity index (χ3n) is 1.81. The summed E-state index contributed by atoms with van der Waals surface area (Å²) in [5.74, 6) is -0.309. The molecule has 4 nitrogen and oxygen atoms in total. The molecule has 0 amide bonds. The van der Waals surface area contributed by atoms with Gasteiger partial charge in [-0.3, -0.25) is 0 Å². The first-order valence-corrected chi connectivity index (χ1v) is 7.05. The fraction of sp³-hybridized carbons (Fsp3) is 0.111. The molecule has 0 fully saturated rings. The summed E-state index contributed by atoms with van der Waals surface area (Å²) in [6.45, 7) is 0. The van der Waals surface area contributed by atoms with E-state index in [2.05, 4.69) is 52.1 Å². The van der Waals surface area contributed by atoms with Crippen LogP contribution in [-0.2, 0) is 0 Å². The van der Waals surface area contributed by atoms with Crippen molar-refractivity contribution in [2.45, 2.75) is 6.36 Å². The van der Waals surface area contributed by atoms with Gasteiger partial charge in [0.25, 0.3) is 0 Å². The van der Waals surface area contributed by atoms with Crippen molar-refractivity contribution < 1.29 is 17.9 Å². The van der Waals surface area contributed by atoms with Crippen LogP contribution in [0.3, 0.4) is 0 Å². The second-order valence-electron chi connectivity index (χ2n) is 3.18. The minimum Gasteiger partial charge on any atom is -0.405 e. The smallest absolute Gasteiger partial charge is 0.405 e. The summed E-state index contributed by atoms with van der Waals surface area (Å²) in [5, 5.41) is 11.0. The van der Waals surface area contributed by atoms with Gasteiger partial charge in [-0.1, -0.05) is 11.3 Å². The highest BCUT2D eigenvalue weighted by Gasteiger charge is 2.31. The maximum Gasteiger partial charge on any atom is 0.573 e. The zero-order valence-corrected chi connectivity index (χ0v) is 12.8. The maximum absolute atomic E-state index is 12.1. The van der Waals surface area contributed by atoms with Crippen molar-refractivity contribution >= 4 is 54.0 Å². The molecule has 19 heavy (non-hydrogen) atoms. The highest BCUT2D eigenvalue weighted by atomic mass is 79.9. The molecular weight excluding hydrogens is 415 g/mol. The molecule has 0 saturated heterocycles. The molecule has 10 heteroatoms. The zero-order valence-electron chi connectivity index (χ0n) is 8.83. The number of nitrogens with zero attached hydrogens (tertiary/aromatic N) is 2. The quantitative estimate of drug-likeness (QED) is 0.784. The molecular formula is C9H4Br2F3N3OS. The van der Waals surface area contributed by atoms with Crippen molar-refractivity contribution in [3.63, 3.8) is 0 Å². The predicted octanol–water partition coefficient (Wildman–Crippen LogP) is 4.71. The number of hydrogen-bond acceptors (Lipinski definition) is 5. The van der Waals surface area contributed by atoms with Gasteiger partial charge in [0.05, 0.1) is 4.47 Å². The first-order valence-electron chi connectivity index (χ1n) is 4.65. The second kappa shape index (κ2) is 5.63. The number of hydrogen-bond donors (Lipinski definition) is 1. The minimum absolute atomic E-state index is 0.179. The highest BCUT2D eigenvalue weighted by Crippen LogP contribution is 2.33. The molecule has 2 rings (SSSR count). The van der Waals surface area contributed by atoms with Crippen LogP contribution in [0.2, 0.25) is 0 Å². The minimum atomic E-state index is -4.72. The first kappa shape index (κ1) is 14.5. The Morgan fingerprint density at radius 2 is 1.95 bits per heavy atom. The van der Waals surface area contributed by atoms with Gasteiger partial charge >= 0.3 is 6.36 Å². The third-order valence-corrected chi connectivity index (χ3v) is 3.70. The standard InChI is InChI=1S/C9H4Br2F3N3OS/c10-5-3-4(15-8-17-16-7(11)19-8)1-2-6(5)18-9(12,13)14/h1-3H,(H,15,17). The molecule has 0 bridgehead atoms. The van der Waals surface area contributed by atoms with Crippen molar-refractivity contribution in [1.29, 1.82) is 0 Å². The lowest BCUT2D eigenvalue weighted by atomic mass is 10.3. The van der Waals surface area contributed by atoms with Crippen LogP contribution >= 0.6 is 43.2 Å². The van der Waals surface area contributed by atoms with Gasteiger partial charge < -0.3 is 10.1 Å². The zero-order chi connectivity index (χ0) is 14.0. The Morgan fingerprint density at radius 3 is 2.47 bits per heavy atom. The average Bonchev–Trinajstić information content (AvgIpc) is 2.66. The van der Waals surface area contributed by atoms with Gasteiger partial charge in [0.2, 0.25) is 5.13 Å². The van der Waals surface area contributed by atoms with Crippen molar-refractivity contribution in [3.05, 3.63) is 26.6 Å². The van der Waals surface area contributed by atoms with Gasteiger partial charge in [0, 0.05) is 5.69 Å². The van der Waals surface area contributed by atoms with Crippen molar-refractivity contribution in [2.75, 3.05) is 5.32 Å². The molecule has 0 unspecified atom stereocenters. The van der Waals surface area contributed by atoms with E-state index in [1.165, 1.54) is 29.5 Å². The number of halogens is 5. The summed E-state index contributed by atoms with van der Waals surface area (Å²) >= 11 is 7.43. The van der Waals surface area contributed by atoms with Crippen LogP contribution in [0.15, 0.2) is 26.6 Å². The predicted molar refractivity (Wildman–Crippen MR) is 71.7 cm³/mol. The highest BCUT2D eigenvalue weighted by molar-refractivity contribution is 9.11. The number of rotatable bonds is 3. The summed E-state index contributed by atoms with van der Waals surface area (Å²) in [5.41, 5.74) is 0.560. The van der Waals surface area contributed by atoms with E-state index in [-0.39, 0.29) is 10.2 Å². The van der Waals surface area contributed by atoms with Gasteiger partial charge in [-0.25, -0.2) is 0 Å². The molecule has 0 aliphatic heterocycles. The Bertz CT molecular complexity index is 590. The lowest BCUT2D eigenvalue weighted by molar-refractivity contribution is -0.274. The number of alkyl halides is 3. The SMILES string of the molecule is FC(F)(F)Oc1ccc(Nc2nnc(Br)s2)cc1Br. The normalized spacial score (nSPS) is 11.4. The van der Waals surface area contributed by atoms with E-state index in [0.29, 0.717) is 14.7 Å². The Hall–Kier alpha value is -0.870. The van der Waals surface area contributed by atoms with Gasteiger partial charge in [0.15, 0.2) is 3.92 Å². The number of aromatic nitrogens is 2. The van der Waals surface area contributed by atoms with E-state index in [9.17, 15) is 13.2 Å². The fourth-order valence-electron chi connectivity index (χ4n) is 1.17. The Balaban J connectivity index is 2.14. The Kier molecular flexibility index (Phi) is 4.31. The van der Waals surface area contributed by atoms with E-state index in [0.717, 1.165) is 0 Å². The molecule has 102 valence electrons. The number of nitrogens with one attached hydrogen (secondary N) is 1. The van der Waals surface area contributed by atoms with Crippen LogP contribution < -0.4 is 10.1 Å². The molecule has 1 aromatic heterocycles. The van der Waals surface area contributed by atoms with Crippen LogP contribution in [0.1, 0.15) is 0 Å². The summed E-state index contributed by atoms with van der Waals surface area (Å²) in [6, 6.07) is 4.10. The molecule has 0 spiro atoms. The first-order chi connectivity index (χ1) is 8.83. The van der Waals surface area contributed by atoms with Gasteiger partial charge in [-0.15, -0.1) is 23.4 Å². The maximum atomic E-state index is 12.1. The van der Waals surface area contributed by atoms with Crippen molar-refractivity contribution in [2.24, 2.45) is 0 Å². The molecule has 0 atom stereocenters. The summed E-state index contributed by atoms with van der Waals surface area (Å²) < 4.78 is 40.9. The largest absolute Gasteiger partial charge is 0.573 e. The van der Waals surface area contributed by atoms with E-state index in [4.69, 9.17) is 0 Å². The van der Waals surface area contributed by atoms with Crippen molar-refractivity contribution in [3.8, 4) is 5.75 Å². The molecule has 0 aliphatic rings. The summed E-state index contributed by atoms with van der Waals surface area (Å²) in [6.07, 6.45) is -4.72. The lowest BCUT2D eigenvalue weighted by Crippen LogP contribution is -2.17. The summed E-state index contributed by atoms with van der Waals surface area (Å²) in [4.78, 5) is 0. The molecule has 1 aromatic carbocycles. The Morgan fingerprint density at radius 1 is 1.21 bits per heavy atom. The second-order valence-corrected chi connectivity index (χ2v) is 6.29. The van der Waals surface area contributed by atoms with E-state index in [1.807, 2.05) is 0 Å². The van der Waals surface area contributed by atoms with Crippen LogP contribution in [0, 0.1) is 0 Å².